The van der Waals surface area contributed by atoms with E-state index in [1.54, 1.807) is 0 Å². The Kier molecular flexibility index (Phi) is 1.72. The Labute approximate surface area is 72.4 Å². The Hall–Kier alpha value is -0.770. The molecule has 12 heavy (non-hydrogen) atoms. The number of ether oxygens (including phenoxy) is 1. The van der Waals surface area contributed by atoms with E-state index in [0.29, 0.717) is 12.6 Å². The Morgan fingerprint density at radius 3 is 3.08 bits per heavy atom. The zero-order chi connectivity index (χ0) is 8.60. The number of piperidine rings is 1. The smallest absolute Gasteiger partial charge is 0.282 e. The molecule has 1 unspecified atom stereocenters. The molecule has 2 aliphatic heterocycles. The highest BCUT2D eigenvalue weighted by molar-refractivity contribution is 5.73. The molecule has 68 valence electrons. The molecule has 0 amide bonds. The molecule has 0 aromatic carbocycles. The van der Waals surface area contributed by atoms with Gasteiger partial charge in [-0.3, -0.25) is 0 Å². The van der Waals surface area contributed by atoms with Crippen molar-refractivity contribution in [3.8, 4) is 0 Å². The van der Waals surface area contributed by atoms with E-state index in [-0.39, 0.29) is 5.54 Å². The fourth-order valence-corrected chi connectivity index (χ4v) is 2.05. The van der Waals surface area contributed by atoms with E-state index in [9.17, 15) is 0 Å². The van der Waals surface area contributed by atoms with Gasteiger partial charge in [0.2, 0.25) is 0 Å². The fourth-order valence-electron chi connectivity index (χ4n) is 2.05. The van der Waals surface area contributed by atoms with Crippen LogP contribution in [-0.4, -0.2) is 43.2 Å². The maximum absolute atomic E-state index is 5.49. The molecule has 1 fully saturated rings. The molecule has 1 spiro atoms. The van der Waals surface area contributed by atoms with Crippen LogP contribution in [0.3, 0.4) is 0 Å². The van der Waals surface area contributed by atoms with Gasteiger partial charge < -0.3 is 15.4 Å². The first-order valence-corrected chi connectivity index (χ1v) is 4.37. The minimum Gasteiger partial charge on any atom is -0.463 e. The Bertz CT molecular complexity index is 216. The minimum absolute atomic E-state index is 0.0168. The molecular formula is C8H15N3O. The second kappa shape index (κ2) is 2.62. The summed E-state index contributed by atoms with van der Waals surface area (Å²) >= 11 is 0. The normalized spacial score (nSPS) is 36.6. The summed E-state index contributed by atoms with van der Waals surface area (Å²) < 4.78 is 5.20. The largest absolute Gasteiger partial charge is 0.463 e. The standard InChI is InChI=1S/C8H15N3O/c1-11-4-2-3-8(5-11)6-12-7(9)10-8/h2-6H2,1H3,(H2,9,10). The summed E-state index contributed by atoms with van der Waals surface area (Å²) in [4.78, 5) is 6.65. The number of likely N-dealkylation sites (N-methyl/N-ethyl adjacent to an activating group) is 1. The van der Waals surface area contributed by atoms with Gasteiger partial charge >= 0.3 is 0 Å². The Morgan fingerprint density at radius 2 is 2.50 bits per heavy atom. The van der Waals surface area contributed by atoms with Gasteiger partial charge in [0.1, 0.15) is 12.1 Å². The highest BCUT2D eigenvalue weighted by Gasteiger charge is 2.38. The lowest BCUT2D eigenvalue weighted by molar-refractivity contribution is 0.144. The number of hydrogen-bond donors (Lipinski definition) is 1. The summed E-state index contributed by atoms with van der Waals surface area (Å²) in [6.07, 6.45) is 2.30. The first kappa shape index (κ1) is 7.86. The quantitative estimate of drug-likeness (QED) is 0.546. The molecule has 4 nitrogen and oxygen atoms in total. The maximum atomic E-state index is 5.49. The third kappa shape index (κ3) is 1.27. The van der Waals surface area contributed by atoms with E-state index in [4.69, 9.17) is 10.5 Å². The first-order valence-electron chi connectivity index (χ1n) is 4.37. The van der Waals surface area contributed by atoms with Crippen molar-refractivity contribution in [3.63, 3.8) is 0 Å². The van der Waals surface area contributed by atoms with Gasteiger partial charge in [0.15, 0.2) is 0 Å². The molecule has 1 saturated heterocycles. The molecule has 0 saturated carbocycles. The SMILES string of the molecule is CN1CCCC2(COC(N)=N2)C1. The van der Waals surface area contributed by atoms with Crippen LogP contribution in [0.2, 0.25) is 0 Å². The number of likely N-dealkylation sites (tertiary alicyclic amines) is 1. The maximum Gasteiger partial charge on any atom is 0.282 e. The van der Waals surface area contributed by atoms with Crippen molar-refractivity contribution in [2.75, 3.05) is 26.7 Å². The molecule has 0 aromatic heterocycles. The van der Waals surface area contributed by atoms with Gasteiger partial charge in [0.05, 0.1) is 0 Å². The second-order valence-corrected chi connectivity index (χ2v) is 3.80. The number of aliphatic imine (C=N–C) groups is 1. The summed E-state index contributed by atoms with van der Waals surface area (Å²) in [6.45, 7) is 2.81. The van der Waals surface area contributed by atoms with Crippen molar-refractivity contribution in [2.24, 2.45) is 10.7 Å². The lowest BCUT2D eigenvalue weighted by Crippen LogP contribution is -2.46. The van der Waals surface area contributed by atoms with Crippen molar-refractivity contribution in [1.29, 1.82) is 0 Å². The minimum atomic E-state index is -0.0168. The van der Waals surface area contributed by atoms with Gasteiger partial charge in [-0.25, -0.2) is 4.99 Å². The van der Waals surface area contributed by atoms with Gasteiger partial charge in [-0.1, -0.05) is 0 Å². The van der Waals surface area contributed by atoms with Crippen LogP contribution in [0.1, 0.15) is 12.8 Å². The highest BCUT2D eigenvalue weighted by atomic mass is 16.5. The molecule has 0 radical (unpaired) electrons. The third-order valence-corrected chi connectivity index (χ3v) is 2.58. The summed E-state index contributed by atoms with van der Waals surface area (Å²) in [5.41, 5.74) is 5.48. The van der Waals surface area contributed by atoms with Crippen LogP contribution in [0.15, 0.2) is 4.99 Å². The van der Waals surface area contributed by atoms with E-state index < -0.39 is 0 Å². The second-order valence-electron chi connectivity index (χ2n) is 3.80. The molecule has 2 aliphatic rings. The molecule has 2 N–H and O–H groups in total. The Morgan fingerprint density at radius 1 is 1.67 bits per heavy atom. The number of nitrogens with zero attached hydrogens (tertiary/aromatic N) is 2. The Balaban J connectivity index is 2.10. The van der Waals surface area contributed by atoms with Crippen LogP contribution in [-0.2, 0) is 4.74 Å². The molecule has 2 heterocycles. The van der Waals surface area contributed by atoms with Crippen LogP contribution in [0.5, 0.6) is 0 Å². The van der Waals surface area contributed by atoms with Gasteiger partial charge in [-0.15, -0.1) is 0 Å². The average molecular weight is 169 g/mol. The predicted molar refractivity (Wildman–Crippen MR) is 47.0 cm³/mol. The van der Waals surface area contributed by atoms with E-state index >= 15 is 0 Å². The first-order chi connectivity index (χ1) is 5.70. The van der Waals surface area contributed by atoms with E-state index in [1.165, 1.54) is 6.42 Å². The van der Waals surface area contributed by atoms with E-state index in [0.717, 1.165) is 19.5 Å². The lowest BCUT2D eigenvalue weighted by atomic mass is 9.91. The monoisotopic (exact) mass is 169 g/mol. The van der Waals surface area contributed by atoms with Crippen molar-refractivity contribution in [1.82, 2.24) is 4.90 Å². The number of amidine groups is 1. The van der Waals surface area contributed by atoms with Crippen LogP contribution in [0.4, 0.5) is 0 Å². The van der Waals surface area contributed by atoms with Crippen molar-refractivity contribution < 1.29 is 4.74 Å². The molecular weight excluding hydrogens is 154 g/mol. The van der Waals surface area contributed by atoms with Crippen LogP contribution < -0.4 is 5.73 Å². The van der Waals surface area contributed by atoms with Gasteiger partial charge in [-0.05, 0) is 26.4 Å². The molecule has 0 bridgehead atoms. The summed E-state index contributed by atoms with van der Waals surface area (Å²) in [5, 5.41) is 0. The van der Waals surface area contributed by atoms with Crippen molar-refractivity contribution in [3.05, 3.63) is 0 Å². The molecule has 0 aromatic rings. The third-order valence-electron chi connectivity index (χ3n) is 2.58. The molecule has 1 atom stereocenters. The zero-order valence-corrected chi connectivity index (χ0v) is 7.42. The number of nitrogens with two attached hydrogens (primary N) is 1. The van der Waals surface area contributed by atoms with E-state index in [2.05, 4.69) is 16.9 Å². The number of hydrogen-bond acceptors (Lipinski definition) is 4. The summed E-state index contributed by atoms with van der Waals surface area (Å²) in [7, 11) is 2.12. The average Bonchev–Trinajstić information content (AvgIpc) is 2.32. The zero-order valence-electron chi connectivity index (χ0n) is 7.42. The number of rotatable bonds is 0. The lowest BCUT2D eigenvalue weighted by Gasteiger charge is -2.34. The van der Waals surface area contributed by atoms with Crippen LogP contribution in [0, 0.1) is 0 Å². The van der Waals surface area contributed by atoms with Crippen LogP contribution >= 0.6 is 0 Å². The predicted octanol–water partition coefficient (Wildman–Crippen LogP) is -0.204. The van der Waals surface area contributed by atoms with Gasteiger partial charge in [0, 0.05) is 6.54 Å². The molecule has 4 heteroatoms. The highest BCUT2D eigenvalue weighted by Crippen LogP contribution is 2.28. The van der Waals surface area contributed by atoms with Crippen molar-refractivity contribution >= 4 is 6.02 Å². The molecule has 2 rings (SSSR count). The van der Waals surface area contributed by atoms with Crippen LogP contribution in [0.25, 0.3) is 0 Å². The van der Waals surface area contributed by atoms with Gasteiger partial charge in [-0.2, -0.15) is 0 Å². The molecule has 0 aliphatic carbocycles. The van der Waals surface area contributed by atoms with E-state index in [1.807, 2.05) is 0 Å². The van der Waals surface area contributed by atoms with Crippen molar-refractivity contribution in [2.45, 2.75) is 18.4 Å². The fraction of sp³-hybridized carbons (Fsp3) is 0.875. The summed E-state index contributed by atoms with van der Waals surface area (Å²) in [6, 6.07) is 0.366. The topological polar surface area (TPSA) is 50.9 Å². The summed E-state index contributed by atoms with van der Waals surface area (Å²) in [5.74, 6) is 0. The van der Waals surface area contributed by atoms with Gasteiger partial charge in [0.25, 0.3) is 6.02 Å².